The van der Waals surface area contributed by atoms with E-state index in [0.717, 1.165) is 38.3 Å². The molecule has 2 aromatic carbocycles. The van der Waals surface area contributed by atoms with Crippen LogP contribution >= 0.6 is 11.3 Å². The van der Waals surface area contributed by atoms with E-state index in [1.807, 2.05) is 60.1 Å². The van der Waals surface area contributed by atoms with Crippen molar-refractivity contribution in [3.63, 3.8) is 0 Å². The van der Waals surface area contributed by atoms with Crippen LogP contribution in [0, 0.1) is 0 Å². The summed E-state index contributed by atoms with van der Waals surface area (Å²) >= 11 is 1.60. The highest BCUT2D eigenvalue weighted by atomic mass is 32.1. The molecule has 0 spiro atoms. The smallest absolute Gasteiger partial charge is 0.276 e. The molecule has 6 aromatic rings. The fourth-order valence-electron chi connectivity index (χ4n) is 3.74. The third kappa shape index (κ3) is 3.86. The fraction of sp³-hybridized carbons (Fsp3) is 0.0417. The van der Waals surface area contributed by atoms with Crippen LogP contribution in [0.3, 0.4) is 0 Å². The monoisotopic (exact) mass is 466 g/mol. The fourth-order valence-corrected chi connectivity index (χ4v) is 4.56. The highest BCUT2D eigenvalue weighted by Gasteiger charge is 2.16. The van der Waals surface area contributed by atoms with Gasteiger partial charge >= 0.3 is 0 Å². The lowest BCUT2D eigenvalue weighted by atomic mass is 10.1. The number of thiazole rings is 1. The zero-order chi connectivity index (χ0) is 22.9. The van der Waals surface area contributed by atoms with Gasteiger partial charge in [0.2, 0.25) is 0 Å². The summed E-state index contributed by atoms with van der Waals surface area (Å²) in [7, 11) is 0. The Kier molecular flexibility index (Phi) is 4.96. The number of benzene rings is 2. The summed E-state index contributed by atoms with van der Waals surface area (Å²) < 4.78 is 1.75. The Bertz CT molecular complexity index is 1580. The van der Waals surface area contributed by atoms with Gasteiger partial charge in [-0.25, -0.2) is 4.98 Å². The first-order chi connectivity index (χ1) is 16.7. The lowest BCUT2D eigenvalue weighted by Crippen LogP contribution is -2.12. The molecule has 10 heteroatoms. The average molecular weight is 467 g/mol. The molecule has 0 radical (unpaired) electrons. The normalized spacial score (nSPS) is 11.2. The summed E-state index contributed by atoms with van der Waals surface area (Å²) in [6.45, 7) is 0.515. The second-order valence-corrected chi connectivity index (χ2v) is 8.57. The predicted octanol–water partition coefficient (Wildman–Crippen LogP) is 4.57. The Labute approximate surface area is 197 Å². The van der Waals surface area contributed by atoms with Gasteiger partial charge in [0.15, 0.2) is 5.69 Å². The second-order valence-electron chi connectivity index (χ2n) is 7.71. The van der Waals surface area contributed by atoms with Gasteiger partial charge in [-0.1, -0.05) is 36.4 Å². The van der Waals surface area contributed by atoms with Crippen molar-refractivity contribution < 1.29 is 4.79 Å². The molecular weight excluding hydrogens is 448 g/mol. The third-order valence-electron chi connectivity index (χ3n) is 5.40. The minimum Gasteiger partial charge on any atom is -0.318 e. The number of hydrogen-bond acceptors (Lipinski definition) is 6. The Hall–Kier alpha value is -4.57. The molecule has 0 saturated heterocycles. The summed E-state index contributed by atoms with van der Waals surface area (Å²) in [6, 6.07) is 15.8. The van der Waals surface area contributed by atoms with E-state index in [0.29, 0.717) is 17.9 Å². The third-order valence-corrected chi connectivity index (χ3v) is 6.34. The number of aromatic nitrogens is 7. The van der Waals surface area contributed by atoms with Gasteiger partial charge in [0.1, 0.15) is 5.01 Å². The standard InChI is InChI=1S/C24H18N8OS/c33-23(22-20-7-6-16(8-21(20)30-31-22)17-9-25-26-10-17)28-18-11-27-32(12-18)13-19-14-34-24(29-19)15-4-2-1-3-5-15/h1-12,14H,13H2,(H,25,26)(H,28,33)(H,30,31). The van der Waals surface area contributed by atoms with Gasteiger partial charge in [-0.2, -0.15) is 15.3 Å². The molecule has 6 rings (SSSR count). The van der Waals surface area contributed by atoms with Crippen molar-refractivity contribution >= 4 is 33.8 Å². The molecule has 0 saturated carbocycles. The van der Waals surface area contributed by atoms with Crippen molar-refractivity contribution in [2.24, 2.45) is 0 Å². The maximum atomic E-state index is 12.9. The molecule has 4 heterocycles. The SMILES string of the molecule is O=C(Nc1cnn(Cc2csc(-c3ccccc3)n2)c1)c1n[nH]c2cc(-c3cn[nH]c3)ccc12. The van der Waals surface area contributed by atoms with Crippen molar-refractivity contribution in [2.75, 3.05) is 5.32 Å². The van der Waals surface area contributed by atoms with Crippen molar-refractivity contribution in [1.29, 1.82) is 0 Å². The first kappa shape index (κ1) is 20.1. The summed E-state index contributed by atoms with van der Waals surface area (Å²) in [5, 5.41) is 24.9. The number of nitrogens with zero attached hydrogens (tertiary/aromatic N) is 5. The minimum atomic E-state index is -0.304. The van der Waals surface area contributed by atoms with E-state index in [9.17, 15) is 4.79 Å². The number of aromatic amines is 2. The van der Waals surface area contributed by atoms with Crippen LogP contribution in [0.4, 0.5) is 5.69 Å². The van der Waals surface area contributed by atoms with E-state index in [1.165, 1.54) is 0 Å². The Morgan fingerprint density at radius 2 is 1.97 bits per heavy atom. The van der Waals surface area contributed by atoms with Gasteiger partial charge in [-0.3, -0.25) is 19.7 Å². The number of fused-ring (bicyclic) bond motifs is 1. The van der Waals surface area contributed by atoms with Crippen LogP contribution < -0.4 is 5.32 Å². The molecular formula is C24H18N8OS. The molecule has 0 fully saturated rings. The first-order valence-electron chi connectivity index (χ1n) is 10.5. The van der Waals surface area contributed by atoms with Crippen LogP contribution in [0.2, 0.25) is 0 Å². The maximum Gasteiger partial charge on any atom is 0.276 e. The van der Waals surface area contributed by atoms with Crippen molar-refractivity contribution in [3.8, 4) is 21.7 Å². The molecule has 0 aliphatic rings. The van der Waals surface area contributed by atoms with Crippen LogP contribution in [-0.4, -0.2) is 41.1 Å². The van der Waals surface area contributed by atoms with Gasteiger partial charge in [0.25, 0.3) is 5.91 Å². The van der Waals surface area contributed by atoms with Gasteiger partial charge in [0, 0.05) is 34.3 Å². The van der Waals surface area contributed by atoms with E-state index >= 15 is 0 Å². The molecule has 9 nitrogen and oxygen atoms in total. The number of carbonyl (C=O) groups excluding carboxylic acids is 1. The van der Waals surface area contributed by atoms with Crippen molar-refractivity contribution in [2.45, 2.75) is 6.54 Å². The zero-order valence-corrected chi connectivity index (χ0v) is 18.6. The maximum absolute atomic E-state index is 12.9. The highest BCUT2D eigenvalue weighted by molar-refractivity contribution is 7.13. The lowest BCUT2D eigenvalue weighted by Gasteiger charge is -2.01. The number of H-pyrrole nitrogens is 2. The van der Waals surface area contributed by atoms with Crippen LogP contribution in [0.15, 0.2) is 78.7 Å². The molecule has 166 valence electrons. The molecule has 0 aliphatic heterocycles. The lowest BCUT2D eigenvalue weighted by molar-refractivity contribution is 0.102. The molecule has 1 amide bonds. The Balaban J connectivity index is 1.15. The molecule has 34 heavy (non-hydrogen) atoms. The molecule has 4 aromatic heterocycles. The average Bonchev–Trinajstić information content (AvgIpc) is 3.66. The van der Waals surface area contributed by atoms with Crippen LogP contribution in [0.25, 0.3) is 32.6 Å². The molecule has 0 unspecified atom stereocenters. The van der Waals surface area contributed by atoms with Crippen LogP contribution in [-0.2, 0) is 6.54 Å². The summed E-state index contributed by atoms with van der Waals surface area (Å²) in [6.07, 6.45) is 6.97. The number of nitrogens with one attached hydrogen (secondary N) is 3. The van der Waals surface area contributed by atoms with E-state index in [2.05, 4.69) is 30.8 Å². The second kappa shape index (κ2) is 8.41. The number of anilines is 1. The number of amides is 1. The summed E-state index contributed by atoms with van der Waals surface area (Å²) in [5.41, 5.74) is 5.65. The molecule has 0 atom stereocenters. The summed E-state index contributed by atoms with van der Waals surface area (Å²) in [5.74, 6) is -0.304. The number of carbonyl (C=O) groups is 1. The quantitative estimate of drug-likeness (QED) is 0.332. The number of rotatable bonds is 6. The minimum absolute atomic E-state index is 0.304. The zero-order valence-electron chi connectivity index (χ0n) is 17.8. The first-order valence-corrected chi connectivity index (χ1v) is 11.4. The highest BCUT2D eigenvalue weighted by Crippen LogP contribution is 2.25. The van der Waals surface area contributed by atoms with Gasteiger partial charge in [-0.05, 0) is 17.7 Å². The van der Waals surface area contributed by atoms with Gasteiger partial charge < -0.3 is 5.32 Å². The van der Waals surface area contributed by atoms with Gasteiger partial charge in [-0.15, -0.1) is 11.3 Å². The molecule has 0 aliphatic carbocycles. The van der Waals surface area contributed by atoms with E-state index in [1.54, 1.807) is 34.6 Å². The van der Waals surface area contributed by atoms with E-state index in [4.69, 9.17) is 4.98 Å². The van der Waals surface area contributed by atoms with E-state index < -0.39 is 0 Å². The van der Waals surface area contributed by atoms with E-state index in [-0.39, 0.29) is 5.91 Å². The number of hydrogen-bond donors (Lipinski definition) is 3. The summed E-state index contributed by atoms with van der Waals surface area (Å²) in [4.78, 5) is 17.6. The van der Waals surface area contributed by atoms with Crippen LogP contribution in [0.5, 0.6) is 0 Å². The van der Waals surface area contributed by atoms with Gasteiger partial charge in [0.05, 0.1) is 35.8 Å². The largest absolute Gasteiger partial charge is 0.318 e. The van der Waals surface area contributed by atoms with Crippen LogP contribution in [0.1, 0.15) is 16.2 Å². The Morgan fingerprint density at radius 3 is 2.82 bits per heavy atom. The van der Waals surface area contributed by atoms with Crippen molar-refractivity contribution in [3.05, 3.63) is 90.1 Å². The topological polar surface area (TPSA) is 117 Å². The Morgan fingerprint density at radius 1 is 1.06 bits per heavy atom. The predicted molar refractivity (Wildman–Crippen MR) is 131 cm³/mol. The molecule has 3 N–H and O–H groups in total. The molecule has 0 bridgehead atoms. The van der Waals surface area contributed by atoms with Crippen molar-refractivity contribution in [1.82, 2.24) is 35.2 Å².